The van der Waals surface area contributed by atoms with Gasteiger partial charge in [-0.2, -0.15) is 0 Å². The van der Waals surface area contributed by atoms with E-state index in [9.17, 15) is 9.18 Å². The number of hydrogen-bond donors (Lipinski definition) is 1. The van der Waals surface area contributed by atoms with Crippen LogP contribution in [-0.2, 0) is 5.75 Å². The standard InChI is InChI=1S/C26H19FN2O2S2/c1-31-23-9-5-4-8-20(23)25(30)28-17-11-13-22-24(14-17)33-26(29-22)32-15-16-10-12-21(27)19-7-3-2-6-18(16)19/h2-14H,15H2,1H3,(H,28,30). The number of ether oxygens (including phenoxy) is 1. The zero-order valence-electron chi connectivity index (χ0n) is 17.7. The molecule has 0 spiro atoms. The molecule has 5 aromatic rings. The molecule has 1 heterocycles. The van der Waals surface area contributed by atoms with E-state index in [0.717, 1.165) is 25.5 Å². The molecule has 1 N–H and O–H groups in total. The smallest absolute Gasteiger partial charge is 0.259 e. The van der Waals surface area contributed by atoms with E-state index in [2.05, 4.69) is 5.32 Å². The number of thioether (sulfide) groups is 1. The monoisotopic (exact) mass is 474 g/mol. The van der Waals surface area contributed by atoms with E-state index in [1.54, 1.807) is 54.5 Å². The topological polar surface area (TPSA) is 51.2 Å². The van der Waals surface area contributed by atoms with Crippen LogP contribution in [0, 0.1) is 5.82 Å². The maximum atomic E-state index is 14.1. The molecule has 5 rings (SSSR count). The number of carbonyl (C=O) groups excluding carboxylic acids is 1. The van der Waals surface area contributed by atoms with Gasteiger partial charge in [-0.3, -0.25) is 4.79 Å². The Kier molecular flexibility index (Phi) is 5.98. The number of fused-ring (bicyclic) bond motifs is 2. The number of rotatable bonds is 6. The summed E-state index contributed by atoms with van der Waals surface area (Å²) >= 11 is 3.19. The van der Waals surface area contributed by atoms with Gasteiger partial charge in [-0.05, 0) is 47.3 Å². The zero-order chi connectivity index (χ0) is 22.8. The molecule has 1 amide bonds. The van der Waals surface area contributed by atoms with Gasteiger partial charge in [0.15, 0.2) is 4.34 Å². The molecule has 33 heavy (non-hydrogen) atoms. The third-order valence-electron chi connectivity index (χ3n) is 5.29. The number of halogens is 1. The molecule has 0 aliphatic rings. The lowest BCUT2D eigenvalue weighted by Gasteiger charge is -2.09. The Bertz CT molecular complexity index is 1480. The van der Waals surface area contributed by atoms with E-state index >= 15 is 0 Å². The molecule has 0 aliphatic carbocycles. The number of nitrogens with one attached hydrogen (secondary N) is 1. The minimum Gasteiger partial charge on any atom is -0.496 e. The Hall–Kier alpha value is -3.42. The Balaban J connectivity index is 1.34. The van der Waals surface area contributed by atoms with Crippen LogP contribution in [-0.4, -0.2) is 18.0 Å². The van der Waals surface area contributed by atoms with E-state index in [1.807, 2.05) is 48.5 Å². The normalized spacial score (nSPS) is 11.1. The van der Waals surface area contributed by atoms with Gasteiger partial charge in [0, 0.05) is 16.8 Å². The summed E-state index contributed by atoms with van der Waals surface area (Å²) in [4.78, 5) is 17.4. The summed E-state index contributed by atoms with van der Waals surface area (Å²) in [5, 5.41) is 4.49. The average Bonchev–Trinajstić information content (AvgIpc) is 3.26. The molecule has 4 aromatic carbocycles. The van der Waals surface area contributed by atoms with E-state index in [1.165, 1.54) is 6.07 Å². The summed E-state index contributed by atoms with van der Waals surface area (Å²) in [5.74, 6) is 0.787. The fourth-order valence-corrected chi connectivity index (χ4v) is 5.78. The van der Waals surface area contributed by atoms with Crippen LogP contribution in [0.1, 0.15) is 15.9 Å². The van der Waals surface area contributed by atoms with Crippen molar-refractivity contribution in [3.8, 4) is 5.75 Å². The summed E-state index contributed by atoms with van der Waals surface area (Å²) < 4.78 is 21.3. The molecule has 0 atom stereocenters. The lowest BCUT2D eigenvalue weighted by atomic mass is 10.1. The summed E-state index contributed by atoms with van der Waals surface area (Å²) in [6.45, 7) is 0. The van der Waals surface area contributed by atoms with Crippen molar-refractivity contribution in [2.75, 3.05) is 12.4 Å². The van der Waals surface area contributed by atoms with E-state index in [0.29, 0.717) is 28.1 Å². The molecule has 0 unspecified atom stereocenters. The van der Waals surface area contributed by atoms with Crippen molar-refractivity contribution in [1.82, 2.24) is 4.98 Å². The molecule has 7 heteroatoms. The van der Waals surface area contributed by atoms with E-state index in [4.69, 9.17) is 9.72 Å². The Morgan fingerprint density at radius 1 is 1.03 bits per heavy atom. The van der Waals surface area contributed by atoms with Gasteiger partial charge >= 0.3 is 0 Å². The van der Waals surface area contributed by atoms with Crippen molar-refractivity contribution >= 4 is 55.7 Å². The van der Waals surface area contributed by atoms with E-state index in [-0.39, 0.29) is 11.7 Å². The van der Waals surface area contributed by atoms with Crippen molar-refractivity contribution in [3.63, 3.8) is 0 Å². The number of carbonyl (C=O) groups is 1. The highest BCUT2D eigenvalue weighted by Gasteiger charge is 2.13. The van der Waals surface area contributed by atoms with Gasteiger partial charge in [-0.25, -0.2) is 9.37 Å². The van der Waals surface area contributed by atoms with Crippen LogP contribution < -0.4 is 10.1 Å². The van der Waals surface area contributed by atoms with Crippen LogP contribution in [0.3, 0.4) is 0 Å². The number of methoxy groups -OCH3 is 1. The van der Waals surface area contributed by atoms with Crippen LogP contribution in [0.25, 0.3) is 21.0 Å². The molecular weight excluding hydrogens is 455 g/mol. The van der Waals surface area contributed by atoms with Gasteiger partial charge in [0.25, 0.3) is 5.91 Å². The highest BCUT2D eigenvalue weighted by Crippen LogP contribution is 2.34. The molecular formula is C26H19FN2O2S2. The van der Waals surface area contributed by atoms with Crippen molar-refractivity contribution < 1.29 is 13.9 Å². The summed E-state index contributed by atoms with van der Waals surface area (Å²) in [5.41, 5.74) is 3.12. The minimum atomic E-state index is -0.228. The number of anilines is 1. The van der Waals surface area contributed by atoms with Crippen molar-refractivity contribution in [3.05, 3.63) is 95.8 Å². The molecule has 0 saturated carbocycles. The van der Waals surface area contributed by atoms with Crippen LogP contribution in [0.15, 0.2) is 83.2 Å². The van der Waals surface area contributed by atoms with Crippen LogP contribution >= 0.6 is 23.1 Å². The molecule has 0 radical (unpaired) electrons. The maximum absolute atomic E-state index is 14.1. The van der Waals surface area contributed by atoms with Crippen LogP contribution in [0.5, 0.6) is 5.75 Å². The number of hydrogen-bond acceptors (Lipinski definition) is 5. The maximum Gasteiger partial charge on any atom is 0.259 e. The predicted molar refractivity (Wildman–Crippen MR) is 134 cm³/mol. The number of thiazole rings is 1. The SMILES string of the molecule is COc1ccccc1C(=O)Nc1ccc2nc(SCc3ccc(F)c4ccccc34)sc2c1. The highest BCUT2D eigenvalue weighted by atomic mass is 32.2. The molecule has 1 aromatic heterocycles. The molecule has 0 aliphatic heterocycles. The zero-order valence-corrected chi connectivity index (χ0v) is 19.3. The summed E-state index contributed by atoms with van der Waals surface area (Å²) in [7, 11) is 1.55. The lowest BCUT2D eigenvalue weighted by Crippen LogP contribution is -2.12. The first-order valence-corrected chi connectivity index (χ1v) is 12.1. The number of nitrogens with zero attached hydrogens (tertiary/aromatic N) is 1. The van der Waals surface area contributed by atoms with Gasteiger partial charge in [0.05, 0.1) is 22.9 Å². The third-order valence-corrected chi connectivity index (χ3v) is 7.50. The molecule has 4 nitrogen and oxygen atoms in total. The van der Waals surface area contributed by atoms with Gasteiger partial charge in [0.1, 0.15) is 11.6 Å². The highest BCUT2D eigenvalue weighted by molar-refractivity contribution is 8.00. The molecule has 0 fully saturated rings. The second-order valence-corrected chi connectivity index (χ2v) is 9.61. The first-order valence-electron chi connectivity index (χ1n) is 10.3. The molecule has 0 saturated heterocycles. The Labute approximate surface area is 198 Å². The fraction of sp³-hybridized carbons (Fsp3) is 0.0769. The summed E-state index contributed by atoms with van der Waals surface area (Å²) in [6, 6.07) is 23.7. The quantitative estimate of drug-likeness (QED) is 0.266. The number of benzene rings is 4. The second-order valence-electron chi connectivity index (χ2n) is 7.36. The van der Waals surface area contributed by atoms with Crippen LogP contribution in [0.4, 0.5) is 10.1 Å². The lowest BCUT2D eigenvalue weighted by molar-refractivity contribution is 0.102. The predicted octanol–water partition coefficient (Wildman–Crippen LogP) is 7.14. The van der Waals surface area contributed by atoms with Crippen LogP contribution in [0.2, 0.25) is 0 Å². The first-order chi connectivity index (χ1) is 16.1. The fourth-order valence-electron chi connectivity index (χ4n) is 3.66. The first kappa shape index (κ1) is 21.4. The van der Waals surface area contributed by atoms with Crippen molar-refractivity contribution in [1.29, 1.82) is 0 Å². The van der Waals surface area contributed by atoms with Crippen molar-refractivity contribution in [2.45, 2.75) is 10.1 Å². The van der Waals surface area contributed by atoms with Gasteiger partial charge < -0.3 is 10.1 Å². The third kappa shape index (κ3) is 4.42. The molecule has 164 valence electrons. The number of para-hydroxylation sites is 1. The minimum absolute atomic E-state index is 0.206. The van der Waals surface area contributed by atoms with Gasteiger partial charge in [0.2, 0.25) is 0 Å². The largest absolute Gasteiger partial charge is 0.496 e. The van der Waals surface area contributed by atoms with E-state index < -0.39 is 0 Å². The summed E-state index contributed by atoms with van der Waals surface area (Å²) in [6.07, 6.45) is 0. The van der Waals surface area contributed by atoms with Gasteiger partial charge in [-0.1, -0.05) is 54.2 Å². The average molecular weight is 475 g/mol. The second kappa shape index (κ2) is 9.21. The Morgan fingerprint density at radius 3 is 2.67 bits per heavy atom. The van der Waals surface area contributed by atoms with Gasteiger partial charge in [-0.15, -0.1) is 11.3 Å². The number of aromatic nitrogens is 1. The Morgan fingerprint density at radius 2 is 1.82 bits per heavy atom. The van der Waals surface area contributed by atoms with Crippen molar-refractivity contribution in [2.24, 2.45) is 0 Å². The molecule has 0 bridgehead atoms. The number of amides is 1.